The molecule has 1 aliphatic heterocycles. The Morgan fingerprint density at radius 3 is 2.88 bits per heavy atom. The van der Waals surface area contributed by atoms with Crippen molar-refractivity contribution in [2.45, 2.75) is 26.9 Å². The van der Waals surface area contributed by atoms with Crippen molar-refractivity contribution in [2.75, 3.05) is 13.1 Å². The highest BCUT2D eigenvalue weighted by Crippen LogP contribution is 2.20. The van der Waals surface area contributed by atoms with Gasteiger partial charge in [-0.3, -0.25) is 9.78 Å². The van der Waals surface area contributed by atoms with Crippen LogP contribution in [0.2, 0.25) is 0 Å². The molecule has 0 bridgehead atoms. The predicted molar refractivity (Wildman–Crippen MR) is 89.4 cm³/mol. The Bertz CT molecular complexity index is 746. The van der Waals surface area contributed by atoms with Gasteiger partial charge in [-0.25, -0.2) is 4.39 Å². The topological polar surface area (TPSA) is 42.4 Å². The summed E-state index contributed by atoms with van der Waals surface area (Å²) in [5.74, 6) is 0.632. The molecule has 24 heavy (non-hydrogen) atoms. The maximum atomic E-state index is 13.2. The second-order valence-electron chi connectivity index (χ2n) is 6.44. The maximum Gasteiger partial charge on any atom is 0.255 e. The van der Waals surface area contributed by atoms with Crippen molar-refractivity contribution in [1.29, 1.82) is 0 Å². The molecular weight excluding hydrogens is 307 g/mol. The lowest BCUT2D eigenvalue weighted by atomic mass is 10.0. The lowest BCUT2D eigenvalue weighted by Crippen LogP contribution is -2.40. The number of hydrogen-bond donors (Lipinski definition) is 0. The number of ether oxygens (including phenoxy) is 1. The highest BCUT2D eigenvalue weighted by Gasteiger charge is 2.25. The number of rotatable bonds is 5. The molecule has 1 aliphatic rings. The number of carbonyl (C=O) groups excluding carboxylic acids is 1. The number of halogens is 1. The Kier molecular flexibility index (Phi) is 4.79. The first-order valence-corrected chi connectivity index (χ1v) is 8.19. The van der Waals surface area contributed by atoms with Crippen molar-refractivity contribution in [3.8, 4) is 5.75 Å². The Labute approximate surface area is 141 Å². The van der Waals surface area contributed by atoms with Crippen molar-refractivity contribution in [1.82, 2.24) is 9.88 Å². The summed E-state index contributed by atoms with van der Waals surface area (Å²) in [5.41, 5.74) is 2.24. The van der Waals surface area contributed by atoms with Crippen LogP contribution in [-0.4, -0.2) is 28.9 Å². The largest absolute Gasteiger partial charge is 0.487 e. The van der Waals surface area contributed by atoms with Crippen LogP contribution in [0.4, 0.5) is 4.39 Å². The van der Waals surface area contributed by atoms with Gasteiger partial charge in [0, 0.05) is 25.6 Å². The number of pyridine rings is 1. The molecule has 0 saturated carbocycles. The van der Waals surface area contributed by atoms with Gasteiger partial charge in [0.15, 0.2) is 0 Å². The van der Waals surface area contributed by atoms with Gasteiger partial charge in [-0.2, -0.15) is 0 Å². The van der Waals surface area contributed by atoms with Crippen molar-refractivity contribution < 1.29 is 13.9 Å². The third-order valence-corrected chi connectivity index (χ3v) is 3.94. The second kappa shape index (κ2) is 6.99. The molecule has 0 radical (unpaired) electrons. The standard InChI is InChI=1S/C19H21FN2O2/c1-13(2)11-22-9-8-18-17(19(22)23)7-6-15(21-18)12-24-16-5-3-4-14(20)10-16/h3-7,10,13H,8-9,11-12H2,1-2H3. The molecule has 0 fully saturated rings. The van der Waals surface area contributed by atoms with Gasteiger partial charge in [-0.15, -0.1) is 0 Å². The molecule has 0 saturated heterocycles. The van der Waals surface area contributed by atoms with Crippen LogP contribution >= 0.6 is 0 Å². The molecule has 0 N–H and O–H groups in total. The number of aromatic nitrogens is 1. The number of benzene rings is 1. The third kappa shape index (κ3) is 3.72. The Morgan fingerprint density at radius 1 is 1.29 bits per heavy atom. The second-order valence-corrected chi connectivity index (χ2v) is 6.44. The van der Waals surface area contributed by atoms with Crippen molar-refractivity contribution in [2.24, 2.45) is 5.92 Å². The molecule has 0 unspecified atom stereocenters. The van der Waals surface area contributed by atoms with E-state index >= 15 is 0 Å². The number of hydrogen-bond acceptors (Lipinski definition) is 3. The highest BCUT2D eigenvalue weighted by molar-refractivity contribution is 5.96. The summed E-state index contributed by atoms with van der Waals surface area (Å²) in [6.45, 7) is 5.93. The van der Waals surface area contributed by atoms with E-state index in [4.69, 9.17) is 4.74 Å². The van der Waals surface area contributed by atoms with Crippen LogP contribution < -0.4 is 4.74 Å². The predicted octanol–water partition coefficient (Wildman–Crippen LogP) is 3.45. The molecule has 0 aliphatic carbocycles. The van der Waals surface area contributed by atoms with E-state index in [1.54, 1.807) is 18.2 Å². The van der Waals surface area contributed by atoms with Crippen molar-refractivity contribution in [3.05, 3.63) is 59.2 Å². The number of nitrogens with zero attached hydrogens (tertiary/aromatic N) is 2. The smallest absolute Gasteiger partial charge is 0.255 e. The summed E-state index contributed by atoms with van der Waals surface area (Å²) in [7, 11) is 0. The monoisotopic (exact) mass is 328 g/mol. The third-order valence-electron chi connectivity index (χ3n) is 3.94. The summed E-state index contributed by atoms with van der Waals surface area (Å²) in [4.78, 5) is 18.9. The minimum atomic E-state index is -0.332. The average Bonchev–Trinajstić information content (AvgIpc) is 2.55. The van der Waals surface area contributed by atoms with Gasteiger partial charge < -0.3 is 9.64 Å². The lowest BCUT2D eigenvalue weighted by Gasteiger charge is -2.29. The van der Waals surface area contributed by atoms with E-state index in [2.05, 4.69) is 18.8 Å². The van der Waals surface area contributed by atoms with E-state index in [9.17, 15) is 9.18 Å². The van der Waals surface area contributed by atoms with Crippen LogP contribution in [0.1, 0.15) is 35.6 Å². The first kappa shape index (κ1) is 16.4. The first-order valence-electron chi connectivity index (χ1n) is 8.19. The van der Waals surface area contributed by atoms with Gasteiger partial charge in [0.2, 0.25) is 0 Å². The van der Waals surface area contributed by atoms with Crippen LogP contribution in [0, 0.1) is 11.7 Å². The SMILES string of the molecule is CC(C)CN1CCc2nc(COc3cccc(F)c3)ccc2C1=O. The van der Waals surface area contributed by atoms with E-state index in [0.717, 1.165) is 24.4 Å². The minimum Gasteiger partial charge on any atom is -0.487 e. The summed E-state index contributed by atoms with van der Waals surface area (Å²) >= 11 is 0. The fourth-order valence-electron chi connectivity index (χ4n) is 2.85. The highest BCUT2D eigenvalue weighted by atomic mass is 19.1. The normalized spacial score (nSPS) is 14.0. The van der Waals surface area contributed by atoms with Crippen LogP contribution in [0.25, 0.3) is 0 Å². The van der Waals surface area contributed by atoms with E-state index in [-0.39, 0.29) is 18.3 Å². The van der Waals surface area contributed by atoms with Crippen molar-refractivity contribution >= 4 is 5.91 Å². The van der Waals surface area contributed by atoms with E-state index in [1.165, 1.54) is 12.1 Å². The fourth-order valence-corrected chi connectivity index (χ4v) is 2.85. The van der Waals surface area contributed by atoms with Gasteiger partial charge in [0.1, 0.15) is 18.2 Å². The van der Waals surface area contributed by atoms with E-state index < -0.39 is 0 Å². The summed E-state index contributed by atoms with van der Waals surface area (Å²) in [5, 5.41) is 0. The van der Waals surface area contributed by atoms with Gasteiger partial charge in [-0.05, 0) is 30.2 Å². The zero-order chi connectivity index (χ0) is 17.1. The molecule has 3 rings (SSSR count). The van der Waals surface area contributed by atoms with Crippen LogP contribution in [0.15, 0.2) is 36.4 Å². The zero-order valence-electron chi connectivity index (χ0n) is 14.0. The molecule has 0 spiro atoms. The quantitative estimate of drug-likeness (QED) is 0.844. The van der Waals surface area contributed by atoms with Gasteiger partial charge in [0.25, 0.3) is 5.91 Å². The number of amides is 1. The average molecular weight is 328 g/mol. The molecule has 1 amide bonds. The van der Waals surface area contributed by atoms with Gasteiger partial charge in [-0.1, -0.05) is 19.9 Å². The molecule has 5 heteroatoms. The molecule has 2 heterocycles. The molecule has 0 atom stereocenters. The molecule has 2 aromatic rings. The van der Waals surface area contributed by atoms with Crippen LogP contribution in [-0.2, 0) is 13.0 Å². The Balaban J connectivity index is 1.70. The lowest BCUT2D eigenvalue weighted by molar-refractivity contribution is 0.0717. The summed E-state index contributed by atoms with van der Waals surface area (Å²) in [6.07, 6.45) is 0.752. The number of fused-ring (bicyclic) bond motifs is 1. The molecule has 1 aromatic heterocycles. The van der Waals surface area contributed by atoms with E-state index in [0.29, 0.717) is 23.8 Å². The molecule has 4 nitrogen and oxygen atoms in total. The first-order chi connectivity index (χ1) is 11.5. The molecular formula is C19H21FN2O2. The molecule has 1 aromatic carbocycles. The summed E-state index contributed by atoms with van der Waals surface area (Å²) in [6, 6.07) is 9.64. The Morgan fingerprint density at radius 2 is 2.12 bits per heavy atom. The number of carbonyl (C=O) groups is 1. The minimum absolute atomic E-state index is 0.0510. The van der Waals surface area contributed by atoms with Crippen LogP contribution in [0.3, 0.4) is 0 Å². The molecule has 126 valence electrons. The summed E-state index contributed by atoms with van der Waals surface area (Å²) < 4.78 is 18.7. The zero-order valence-corrected chi connectivity index (χ0v) is 14.0. The van der Waals surface area contributed by atoms with Crippen molar-refractivity contribution in [3.63, 3.8) is 0 Å². The Hall–Kier alpha value is -2.43. The van der Waals surface area contributed by atoms with E-state index in [1.807, 2.05) is 11.0 Å². The maximum absolute atomic E-state index is 13.2. The van der Waals surface area contributed by atoms with Gasteiger partial charge in [0.05, 0.1) is 17.0 Å². The van der Waals surface area contributed by atoms with Crippen LogP contribution in [0.5, 0.6) is 5.75 Å². The fraction of sp³-hybridized carbons (Fsp3) is 0.368. The van der Waals surface area contributed by atoms with Gasteiger partial charge >= 0.3 is 0 Å².